The average Bonchev–Trinajstić information content (AvgIpc) is 3.07. The fourth-order valence-electron chi connectivity index (χ4n) is 3.30. The highest BCUT2D eigenvalue weighted by Crippen LogP contribution is 2.18. The largest absolute Gasteiger partial charge is 0.489 e. The third-order valence-corrected chi connectivity index (χ3v) is 4.80. The van der Waals surface area contributed by atoms with Crippen molar-refractivity contribution in [3.8, 4) is 5.75 Å². The lowest BCUT2D eigenvalue weighted by molar-refractivity contribution is -0.116. The summed E-state index contributed by atoms with van der Waals surface area (Å²) in [4.78, 5) is 16.9. The zero-order valence-corrected chi connectivity index (χ0v) is 16.3. The van der Waals surface area contributed by atoms with Crippen LogP contribution in [0.5, 0.6) is 5.75 Å². The molecular weight excluding hydrogens is 362 g/mol. The smallest absolute Gasteiger partial charge is 0.224 e. The molecule has 0 spiro atoms. The Hall–Kier alpha value is -3.60. The van der Waals surface area contributed by atoms with Crippen molar-refractivity contribution >= 4 is 17.2 Å². The summed E-state index contributed by atoms with van der Waals surface area (Å²) in [6.07, 6.45) is 3.02. The van der Waals surface area contributed by atoms with Crippen molar-refractivity contribution in [2.24, 2.45) is 0 Å². The second-order valence-electron chi connectivity index (χ2n) is 6.92. The van der Waals surface area contributed by atoms with Gasteiger partial charge in [0.25, 0.3) is 0 Å². The Labute approximate surface area is 170 Å². The molecule has 0 aliphatic heterocycles. The number of aromatic nitrogens is 2. The first-order chi connectivity index (χ1) is 14.2. The number of carbonyl (C=O) groups is 1. The summed E-state index contributed by atoms with van der Waals surface area (Å²) < 4.78 is 7.82. The zero-order chi connectivity index (χ0) is 20.1. The highest BCUT2D eigenvalue weighted by Gasteiger charge is 2.10. The number of rotatable bonds is 7. The fourth-order valence-corrected chi connectivity index (χ4v) is 3.30. The molecule has 1 N–H and O–H groups in total. The highest BCUT2D eigenvalue weighted by molar-refractivity contribution is 5.90. The van der Waals surface area contributed by atoms with Crippen molar-refractivity contribution in [1.82, 2.24) is 9.38 Å². The molecule has 1 amide bonds. The maximum absolute atomic E-state index is 12.4. The van der Waals surface area contributed by atoms with E-state index in [9.17, 15) is 4.79 Å². The van der Waals surface area contributed by atoms with E-state index in [0.717, 1.165) is 34.0 Å². The number of nitrogens with one attached hydrogen (secondary N) is 1. The first-order valence-electron chi connectivity index (χ1n) is 9.68. The molecule has 0 bridgehead atoms. The number of nitrogens with zero attached hydrogens (tertiary/aromatic N) is 2. The molecule has 146 valence electrons. The van der Waals surface area contributed by atoms with E-state index < -0.39 is 0 Å². The minimum Gasteiger partial charge on any atom is -0.489 e. The van der Waals surface area contributed by atoms with Crippen LogP contribution in [0.25, 0.3) is 5.65 Å². The predicted octanol–water partition coefficient (Wildman–Crippen LogP) is 4.79. The third kappa shape index (κ3) is 4.63. The van der Waals surface area contributed by atoms with Gasteiger partial charge in [0.1, 0.15) is 18.0 Å². The molecule has 0 radical (unpaired) electrons. The van der Waals surface area contributed by atoms with Gasteiger partial charge in [0.2, 0.25) is 5.91 Å². The molecule has 2 aromatic heterocycles. The number of ether oxygens (including phenoxy) is 1. The van der Waals surface area contributed by atoms with E-state index in [-0.39, 0.29) is 5.91 Å². The van der Waals surface area contributed by atoms with Crippen LogP contribution in [0.4, 0.5) is 5.69 Å². The minimum absolute atomic E-state index is 0.0202. The van der Waals surface area contributed by atoms with E-state index in [1.165, 1.54) is 0 Å². The monoisotopic (exact) mass is 385 g/mol. The van der Waals surface area contributed by atoms with Gasteiger partial charge < -0.3 is 14.5 Å². The van der Waals surface area contributed by atoms with Crippen LogP contribution < -0.4 is 10.1 Å². The Morgan fingerprint density at radius 1 is 1.00 bits per heavy atom. The van der Waals surface area contributed by atoms with Crippen LogP contribution in [0.1, 0.15) is 23.4 Å². The maximum atomic E-state index is 12.4. The number of amides is 1. The van der Waals surface area contributed by atoms with Crippen molar-refractivity contribution in [3.05, 3.63) is 95.9 Å². The molecule has 0 saturated heterocycles. The van der Waals surface area contributed by atoms with Gasteiger partial charge in [-0.05, 0) is 55.3 Å². The number of benzene rings is 2. The zero-order valence-electron chi connectivity index (χ0n) is 16.3. The summed E-state index contributed by atoms with van der Waals surface area (Å²) in [6.45, 7) is 2.50. The Morgan fingerprint density at radius 2 is 1.76 bits per heavy atom. The average molecular weight is 385 g/mol. The van der Waals surface area contributed by atoms with Crippen molar-refractivity contribution in [3.63, 3.8) is 0 Å². The lowest BCUT2D eigenvalue weighted by Crippen LogP contribution is -2.13. The molecule has 0 fully saturated rings. The lowest BCUT2D eigenvalue weighted by Gasteiger charge is -2.09. The number of hydrogen-bond donors (Lipinski definition) is 1. The molecule has 0 atom stereocenters. The molecule has 2 heterocycles. The number of hydrogen-bond acceptors (Lipinski definition) is 3. The molecule has 5 nitrogen and oxygen atoms in total. The number of anilines is 1. The number of pyridine rings is 1. The second-order valence-corrected chi connectivity index (χ2v) is 6.92. The Morgan fingerprint density at radius 3 is 2.55 bits per heavy atom. The van der Waals surface area contributed by atoms with Crippen LogP contribution in [0.3, 0.4) is 0 Å². The topological polar surface area (TPSA) is 55.6 Å². The number of aryl methyl sites for hydroxylation is 2. The highest BCUT2D eigenvalue weighted by atomic mass is 16.5. The van der Waals surface area contributed by atoms with Gasteiger partial charge in [-0.2, -0.15) is 0 Å². The summed E-state index contributed by atoms with van der Waals surface area (Å²) in [5.41, 5.74) is 4.82. The van der Waals surface area contributed by atoms with Crippen LogP contribution in [0, 0.1) is 6.92 Å². The van der Waals surface area contributed by atoms with E-state index in [4.69, 9.17) is 4.74 Å². The Balaban J connectivity index is 1.31. The standard InChI is InChI=1S/C24H23N3O2/c1-18-22(27-16-6-5-9-23(27)25-18)14-15-24(28)26-20-10-12-21(13-11-20)29-17-19-7-3-2-4-8-19/h2-13,16H,14-15,17H2,1H3,(H,26,28). The van der Waals surface area contributed by atoms with E-state index in [1.807, 2.05) is 90.3 Å². The Kier molecular flexibility index (Phi) is 5.56. The summed E-state index contributed by atoms with van der Waals surface area (Å²) in [6, 6.07) is 23.4. The summed E-state index contributed by atoms with van der Waals surface area (Å²) in [5, 5.41) is 2.95. The summed E-state index contributed by atoms with van der Waals surface area (Å²) >= 11 is 0. The molecule has 2 aromatic carbocycles. The van der Waals surface area contributed by atoms with Gasteiger partial charge in [-0.1, -0.05) is 36.4 Å². The second kappa shape index (κ2) is 8.61. The molecular formula is C24H23N3O2. The number of carbonyl (C=O) groups excluding carboxylic acids is 1. The van der Waals surface area contributed by atoms with Gasteiger partial charge in [0.15, 0.2) is 0 Å². The van der Waals surface area contributed by atoms with E-state index in [1.54, 1.807) is 0 Å². The quantitative estimate of drug-likeness (QED) is 0.497. The van der Waals surface area contributed by atoms with Gasteiger partial charge in [0.05, 0.1) is 5.69 Å². The number of fused-ring (bicyclic) bond motifs is 1. The van der Waals surface area contributed by atoms with E-state index in [2.05, 4.69) is 10.3 Å². The van der Waals surface area contributed by atoms with Crippen molar-refractivity contribution in [2.45, 2.75) is 26.4 Å². The van der Waals surface area contributed by atoms with Crippen LogP contribution in [-0.4, -0.2) is 15.3 Å². The predicted molar refractivity (Wildman–Crippen MR) is 114 cm³/mol. The third-order valence-electron chi connectivity index (χ3n) is 4.80. The minimum atomic E-state index is -0.0202. The van der Waals surface area contributed by atoms with Crippen molar-refractivity contribution in [2.75, 3.05) is 5.32 Å². The van der Waals surface area contributed by atoms with Gasteiger partial charge in [-0.25, -0.2) is 4.98 Å². The summed E-state index contributed by atoms with van der Waals surface area (Å²) in [7, 11) is 0. The molecule has 29 heavy (non-hydrogen) atoms. The molecule has 4 aromatic rings. The van der Waals surface area contributed by atoms with Gasteiger partial charge in [-0.15, -0.1) is 0 Å². The van der Waals surface area contributed by atoms with Gasteiger partial charge in [-0.3, -0.25) is 4.79 Å². The molecule has 0 saturated carbocycles. The van der Waals surface area contributed by atoms with E-state index >= 15 is 0 Å². The molecule has 4 rings (SSSR count). The van der Waals surface area contributed by atoms with Crippen LogP contribution in [0.2, 0.25) is 0 Å². The molecule has 0 aliphatic rings. The van der Waals surface area contributed by atoms with Crippen molar-refractivity contribution in [1.29, 1.82) is 0 Å². The maximum Gasteiger partial charge on any atom is 0.224 e. The summed E-state index contributed by atoms with van der Waals surface area (Å²) in [5.74, 6) is 0.751. The van der Waals surface area contributed by atoms with Crippen molar-refractivity contribution < 1.29 is 9.53 Å². The molecule has 0 aliphatic carbocycles. The van der Waals surface area contributed by atoms with Crippen LogP contribution in [0.15, 0.2) is 79.0 Å². The molecule has 0 unspecified atom stereocenters. The SMILES string of the molecule is Cc1nc2ccccn2c1CCC(=O)Nc1ccc(OCc2ccccc2)cc1. The van der Waals surface area contributed by atoms with E-state index in [0.29, 0.717) is 19.4 Å². The first-order valence-corrected chi connectivity index (χ1v) is 9.68. The fraction of sp³-hybridized carbons (Fsp3) is 0.167. The Bertz CT molecular complexity index is 1100. The number of imidazole rings is 1. The van der Waals surface area contributed by atoms with Crippen LogP contribution in [-0.2, 0) is 17.8 Å². The van der Waals surface area contributed by atoms with Gasteiger partial charge in [0, 0.05) is 24.0 Å². The van der Waals surface area contributed by atoms with Crippen LogP contribution >= 0.6 is 0 Å². The van der Waals surface area contributed by atoms with Gasteiger partial charge >= 0.3 is 0 Å². The first kappa shape index (κ1) is 18.7. The normalized spacial score (nSPS) is 10.8. The molecule has 5 heteroatoms. The lowest BCUT2D eigenvalue weighted by atomic mass is 10.2.